The van der Waals surface area contributed by atoms with E-state index in [9.17, 15) is 13.2 Å². The summed E-state index contributed by atoms with van der Waals surface area (Å²) in [4.78, 5) is 16.8. The van der Waals surface area contributed by atoms with E-state index in [0.29, 0.717) is 18.1 Å². The third-order valence-electron chi connectivity index (χ3n) is 4.55. The molecule has 1 unspecified atom stereocenters. The fourth-order valence-corrected chi connectivity index (χ4v) is 5.02. The lowest BCUT2D eigenvalue weighted by atomic mass is 9.96. The Kier molecular flexibility index (Phi) is 8.67. The second-order valence-corrected chi connectivity index (χ2v) is 9.84. The van der Waals surface area contributed by atoms with Gasteiger partial charge in [0.15, 0.2) is 0 Å². The molecule has 8 heteroatoms. The van der Waals surface area contributed by atoms with Crippen LogP contribution in [0.2, 0.25) is 0 Å². The number of rotatable bonds is 10. The van der Waals surface area contributed by atoms with Crippen molar-refractivity contribution in [2.75, 3.05) is 18.8 Å². The number of sulfonamides is 1. The van der Waals surface area contributed by atoms with Crippen LogP contribution in [-0.4, -0.2) is 42.5 Å². The lowest BCUT2D eigenvalue weighted by Crippen LogP contribution is -2.33. The maximum atomic E-state index is 12.5. The third kappa shape index (κ3) is 6.29. The van der Waals surface area contributed by atoms with Gasteiger partial charge in [0.25, 0.3) is 0 Å². The first-order valence-corrected chi connectivity index (χ1v) is 12.2. The number of pyridine rings is 1. The highest BCUT2D eigenvalue weighted by Gasteiger charge is 2.22. The number of nitrogens with one attached hydrogen (secondary N) is 1. The Hall–Kier alpha value is -1.90. The molecule has 1 aromatic heterocycles. The minimum Gasteiger partial charge on any atom is -0.348 e. The molecule has 2 aromatic rings. The van der Waals surface area contributed by atoms with Crippen molar-refractivity contribution in [3.05, 3.63) is 54.2 Å². The number of aromatic nitrogens is 1. The van der Waals surface area contributed by atoms with Crippen molar-refractivity contribution >= 4 is 27.7 Å². The summed E-state index contributed by atoms with van der Waals surface area (Å²) >= 11 is 1.29. The number of carbonyl (C=O) groups excluding carboxylic acids is 1. The van der Waals surface area contributed by atoms with E-state index in [1.165, 1.54) is 22.3 Å². The van der Waals surface area contributed by atoms with E-state index in [0.717, 1.165) is 5.56 Å². The van der Waals surface area contributed by atoms with Crippen LogP contribution in [0.5, 0.6) is 0 Å². The molecule has 0 bridgehead atoms. The summed E-state index contributed by atoms with van der Waals surface area (Å²) in [5, 5.41) is 3.69. The topological polar surface area (TPSA) is 79.4 Å². The van der Waals surface area contributed by atoms with Crippen molar-refractivity contribution in [3.63, 3.8) is 0 Å². The van der Waals surface area contributed by atoms with Crippen LogP contribution in [0, 0.1) is 5.92 Å². The quantitative estimate of drug-likeness (QED) is 0.576. The van der Waals surface area contributed by atoms with Gasteiger partial charge in [0, 0.05) is 19.3 Å². The smallest absolute Gasteiger partial charge is 0.244 e. The Morgan fingerprint density at radius 2 is 1.76 bits per heavy atom. The second kappa shape index (κ2) is 10.8. The van der Waals surface area contributed by atoms with E-state index in [1.807, 2.05) is 30.3 Å². The van der Waals surface area contributed by atoms with Crippen molar-refractivity contribution in [2.24, 2.45) is 5.92 Å². The molecule has 0 aliphatic rings. The Morgan fingerprint density at radius 3 is 2.28 bits per heavy atom. The second-order valence-electron chi connectivity index (χ2n) is 6.91. The van der Waals surface area contributed by atoms with Gasteiger partial charge in [-0.2, -0.15) is 4.31 Å². The molecule has 0 aliphatic heterocycles. The van der Waals surface area contributed by atoms with Crippen molar-refractivity contribution < 1.29 is 13.2 Å². The lowest BCUT2D eigenvalue weighted by Gasteiger charge is -2.22. The molecule has 1 atom stereocenters. The first kappa shape index (κ1) is 23.4. The van der Waals surface area contributed by atoms with E-state index in [-0.39, 0.29) is 28.5 Å². The van der Waals surface area contributed by atoms with Crippen LogP contribution in [-0.2, 0) is 14.8 Å². The number of hydrogen-bond donors (Lipinski definition) is 1. The van der Waals surface area contributed by atoms with E-state index in [2.05, 4.69) is 24.1 Å². The largest absolute Gasteiger partial charge is 0.348 e. The van der Waals surface area contributed by atoms with Gasteiger partial charge in [-0.15, -0.1) is 0 Å². The van der Waals surface area contributed by atoms with Gasteiger partial charge in [-0.25, -0.2) is 13.4 Å². The van der Waals surface area contributed by atoms with Crippen molar-refractivity contribution in [1.82, 2.24) is 14.6 Å². The molecule has 158 valence electrons. The molecule has 1 heterocycles. The van der Waals surface area contributed by atoms with Gasteiger partial charge >= 0.3 is 0 Å². The van der Waals surface area contributed by atoms with Gasteiger partial charge in [0.05, 0.1) is 16.8 Å². The van der Waals surface area contributed by atoms with Crippen molar-refractivity contribution in [2.45, 2.75) is 43.7 Å². The first-order valence-electron chi connectivity index (χ1n) is 9.72. The SMILES string of the molecule is CCN(CC)S(=O)(=O)c1ccc(SCC(=O)NC(c2ccccc2)C(C)C)nc1. The summed E-state index contributed by atoms with van der Waals surface area (Å²) in [6, 6.07) is 13.0. The molecule has 29 heavy (non-hydrogen) atoms. The average molecular weight is 436 g/mol. The van der Waals surface area contributed by atoms with Crippen LogP contribution in [0.4, 0.5) is 0 Å². The van der Waals surface area contributed by atoms with E-state index < -0.39 is 10.0 Å². The highest BCUT2D eigenvalue weighted by atomic mass is 32.2. The molecule has 2 rings (SSSR count). The van der Waals surface area contributed by atoms with Gasteiger partial charge in [-0.05, 0) is 23.6 Å². The zero-order chi connectivity index (χ0) is 21.4. The number of carbonyl (C=O) groups is 1. The number of nitrogens with zero attached hydrogens (tertiary/aromatic N) is 2. The fraction of sp³-hybridized carbons (Fsp3) is 0.429. The monoisotopic (exact) mass is 435 g/mol. The summed E-state index contributed by atoms with van der Waals surface area (Å²) in [5.74, 6) is 0.388. The van der Waals surface area contributed by atoms with Gasteiger partial charge in [-0.1, -0.05) is 69.8 Å². The Labute approximate surface area is 178 Å². The number of benzene rings is 1. The first-order chi connectivity index (χ1) is 13.8. The highest BCUT2D eigenvalue weighted by molar-refractivity contribution is 7.99. The van der Waals surface area contributed by atoms with Crippen molar-refractivity contribution in [1.29, 1.82) is 0 Å². The highest BCUT2D eigenvalue weighted by Crippen LogP contribution is 2.23. The summed E-state index contributed by atoms with van der Waals surface area (Å²) in [7, 11) is -3.52. The van der Waals surface area contributed by atoms with Crippen LogP contribution < -0.4 is 5.32 Å². The number of amides is 1. The van der Waals surface area contributed by atoms with Gasteiger partial charge in [0.1, 0.15) is 4.90 Å². The maximum Gasteiger partial charge on any atom is 0.244 e. The zero-order valence-electron chi connectivity index (χ0n) is 17.3. The normalized spacial score (nSPS) is 12.9. The fourth-order valence-electron chi connectivity index (χ4n) is 2.97. The molecule has 0 saturated heterocycles. The van der Waals surface area contributed by atoms with Crippen LogP contribution in [0.15, 0.2) is 58.6 Å². The summed E-state index contributed by atoms with van der Waals surface area (Å²) in [6.07, 6.45) is 1.36. The summed E-state index contributed by atoms with van der Waals surface area (Å²) < 4.78 is 26.4. The number of hydrogen-bond acceptors (Lipinski definition) is 5. The minimum atomic E-state index is -3.52. The van der Waals surface area contributed by atoms with Crippen LogP contribution >= 0.6 is 11.8 Å². The minimum absolute atomic E-state index is 0.0566. The molecule has 0 radical (unpaired) electrons. The molecule has 1 amide bonds. The molecule has 0 saturated carbocycles. The maximum absolute atomic E-state index is 12.5. The molecule has 1 N–H and O–H groups in total. The van der Waals surface area contributed by atoms with E-state index in [4.69, 9.17) is 0 Å². The zero-order valence-corrected chi connectivity index (χ0v) is 19.0. The third-order valence-corrected chi connectivity index (χ3v) is 7.52. The van der Waals surface area contributed by atoms with Gasteiger partial charge in [-0.3, -0.25) is 4.79 Å². The van der Waals surface area contributed by atoms with Crippen LogP contribution in [0.1, 0.15) is 39.3 Å². The Morgan fingerprint density at radius 1 is 1.10 bits per heavy atom. The molecule has 0 spiro atoms. The van der Waals surface area contributed by atoms with E-state index in [1.54, 1.807) is 26.0 Å². The number of thioether (sulfide) groups is 1. The lowest BCUT2D eigenvalue weighted by molar-refractivity contribution is -0.119. The molecule has 0 fully saturated rings. The molecule has 6 nitrogen and oxygen atoms in total. The average Bonchev–Trinajstić information content (AvgIpc) is 2.72. The standard InChI is InChI=1S/C21H29N3O3S2/c1-5-24(6-2)29(26,27)18-12-13-20(22-14-18)28-15-19(25)23-21(16(3)4)17-10-8-7-9-11-17/h7-14,16,21H,5-6,15H2,1-4H3,(H,23,25). The Balaban J connectivity index is 1.98. The molecular weight excluding hydrogens is 406 g/mol. The van der Waals surface area contributed by atoms with Crippen molar-refractivity contribution in [3.8, 4) is 0 Å². The van der Waals surface area contributed by atoms with Crippen LogP contribution in [0.3, 0.4) is 0 Å². The molecular formula is C21H29N3O3S2. The van der Waals surface area contributed by atoms with Crippen LogP contribution in [0.25, 0.3) is 0 Å². The predicted molar refractivity (Wildman–Crippen MR) is 117 cm³/mol. The van der Waals surface area contributed by atoms with E-state index >= 15 is 0 Å². The molecule has 1 aromatic carbocycles. The predicted octanol–water partition coefficient (Wildman–Crippen LogP) is 3.72. The summed E-state index contributed by atoms with van der Waals surface area (Å²) in [5.41, 5.74) is 1.07. The Bertz CT molecular complexity index is 881. The van der Waals surface area contributed by atoms with Gasteiger partial charge in [0.2, 0.25) is 15.9 Å². The summed E-state index contributed by atoms with van der Waals surface area (Å²) in [6.45, 7) is 8.57. The molecule has 0 aliphatic carbocycles. The van der Waals surface area contributed by atoms with Gasteiger partial charge < -0.3 is 5.32 Å².